The summed E-state index contributed by atoms with van der Waals surface area (Å²) < 4.78 is 27.3. The zero-order chi connectivity index (χ0) is 18.2. The van der Waals surface area contributed by atoms with E-state index in [2.05, 4.69) is 10.6 Å². The lowest BCUT2D eigenvalue weighted by atomic mass is 10.2. The SMILES string of the molecule is COCCCNC(=O)CCNc1ccc(S(N)(=O)=O)cc1[N+](=O)[O-]. The number of nitro benzene ring substituents is 1. The first-order chi connectivity index (χ1) is 11.3. The first-order valence-corrected chi connectivity index (χ1v) is 8.61. The van der Waals surface area contributed by atoms with Gasteiger partial charge in [0.1, 0.15) is 5.69 Å². The van der Waals surface area contributed by atoms with Crippen LogP contribution in [0.5, 0.6) is 0 Å². The fraction of sp³-hybridized carbons (Fsp3) is 0.462. The Labute approximate surface area is 139 Å². The van der Waals surface area contributed by atoms with Gasteiger partial charge >= 0.3 is 0 Å². The Morgan fingerprint density at radius 2 is 2.08 bits per heavy atom. The summed E-state index contributed by atoms with van der Waals surface area (Å²) in [6.45, 7) is 1.18. The molecule has 10 nitrogen and oxygen atoms in total. The van der Waals surface area contributed by atoms with Crippen molar-refractivity contribution < 1.29 is 22.9 Å². The van der Waals surface area contributed by atoms with Gasteiger partial charge in [-0.15, -0.1) is 0 Å². The third-order valence-electron chi connectivity index (χ3n) is 3.01. The molecule has 0 heterocycles. The Bertz CT molecular complexity index is 692. The van der Waals surface area contributed by atoms with Crippen LogP contribution in [0.4, 0.5) is 11.4 Å². The number of carbonyl (C=O) groups excluding carboxylic acids is 1. The Balaban J connectivity index is 2.62. The number of rotatable bonds is 10. The van der Waals surface area contributed by atoms with Gasteiger partial charge < -0.3 is 15.4 Å². The van der Waals surface area contributed by atoms with Gasteiger partial charge in [0.25, 0.3) is 5.69 Å². The van der Waals surface area contributed by atoms with E-state index in [0.29, 0.717) is 19.6 Å². The van der Waals surface area contributed by atoms with Crippen molar-refractivity contribution >= 4 is 27.3 Å². The Morgan fingerprint density at radius 1 is 1.38 bits per heavy atom. The number of amides is 1. The van der Waals surface area contributed by atoms with Gasteiger partial charge in [0, 0.05) is 39.3 Å². The third kappa shape index (κ3) is 6.48. The molecule has 11 heteroatoms. The molecule has 0 atom stereocenters. The second-order valence-electron chi connectivity index (χ2n) is 4.85. The lowest BCUT2D eigenvalue weighted by molar-refractivity contribution is -0.384. The molecule has 1 aromatic carbocycles. The van der Waals surface area contributed by atoms with Crippen LogP contribution < -0.4 is 15.8 Å². The molecule has 1 aromatic rings. The Morgan fingerprint density at radius 3 is 2.67 bits per heavy atom. The van der Waals surface area contributed by atoms with E-state index in [1.165, 1.54) is 6.07 Å². The molecular weight excluding hydrogens is 340 g/mol. The molecule has 1 rings (SSSR count). The van der Waals surface area contributed by atoms with E-state index in [1.54, 1.807) is 7.11 Å². The topological polar surface area (TPSA) is 154 Å². The number of nitrogens with two attached hydrogens (primary N) is 1. The summed E-state index contributed by atoms with van der Waals surface area (Å²) in [5.41, 5.74) is -0.318. The second-order valence-corrected chi connectivity index (χ2v) is 6.42. The van der Waals surface area contributed by atoms with Crippen LogP contribution in [0, 0.1) is 10.1 Å². The maximum Gasteiger partial charge on any atom is 0.293 e. The smallest absolute Gasteiger partial charge is 0.293 e. The number of nitrogens with one attached hydrogen (secondary N) is 2. The molecule has 0 fully saturated rings. The molecule has 0 radical (unpaired) electrons. The molecule has 0 aliphatic carbocycles. The summed E-state index contributed by atoms with van der Waals surface area (Å²) in [6.07, 6.45) is 0.803. The highest BCUT2D eigenvalue weighted by Gasteiger charge is 2.18. The van der Waals surface area contributed by atoms with Gasteiger partial charge in [0.15, 0.2) is 0 Å². The first kappa shape index (κ1) is 19.8. The van der Waals surface area contributed by atoms with E-state index in [0.717, 1.165) is 12.1 Å². The zero-order valence-electron chi connectivity index (χ0n) is 13.1. The predicted octanol–water partition coefficient (Wildman–Crippen LogP) is 0.197. The van der Waals surface area contributed by atoms with Crippen LogP contribution >= 0.6 is 0 Å². The maximum atomic E-state index is 11.6. The summed E-state index contributed by atoms with van der Waals surface area (Å²) in [7, 11) is -2.46. The Hall–Kier alpha value is -2.24. The average Bonchev–Trinajstić information content (AvgIpc) is 2.50. The number of nitro groups is 1. The number of primary sulfonamides is 1. The second kappa shape index (κ2) is 9.15. The number of nitrogens with zero attached hydrogens (tertiary/aromatic N) is 1. The molecule has 4 N–H and O–H groups in total. The van der Waals surface area contributed by atoms with E-state index in [1.807, 2.05) is 0 Å². The van der Waals surface area contributed by atoms with Gasteiger partial charge in [-0.05, 0) is 18.6 Å². The Kier molecular flexibility index (Phi) is 7.55. The number of anilines is 1. The largest absolute Gasteiger partial charge is 0.385 e. The fourth-order valence-corrected chi connectivity index (χ4v) is 2.37. The molecule has 134 valence electrons. The summed E-state index contributed by atoms with van der Waals surface area (Å²) in [5, 5.41) is 21.4. The highest BCUT2D eigenvalue weighted by Crippen LogP contribution is 2.27. The minimum Gasteiger partial charge on any atom is -0.385 e. The van der Waals surface area contributed by atoms with Crippen LogP contribution in [0.1, 0.15) is 12.8 Å². The van der Waals surface area contributed by atoms with Crippen molar-refractivity contribution in [3.8, 4) is 0 Å². The fourth-order valence-electron chi connectivity index (χ4n) is 1.83. The lowest BCUT2D eigenvalue weighted by Crippen LogP contribution is -2.27. The molecule has 0 unspecified atom stereocenters. The molecule has 0 spiro atoms. The van der Waals surface area contributed by atoms with Gasteiger partial charge in [0.05, 0.1) is 9.82 Å². The van der Waals surface area contributed by atoms with Crippen LogP contribution in [0.3, 0.4) is 0 Å². The van der Waals surface area contributed by atoms with E-state index >= 15 is 0 Å². The number of methoxy groups -OCH3 is 1. The molecule has 0 saturated carbocycles. The van der Waals surface area contributed by atoms with E-state index in [-0.39, 0.29) is 29.5 Å². The molecule has 0 saturated heterocycles. The van der Waals surface area contributed by atoms with Gasteiger partial charge in [-0.3, -0.25) is 14.9 Å². The number of carbonyl (C=O) groups is 1. The number of hydrogen-bond donors (Lipinski definition) is 3. The van der Waals surface area contributed by atoms with Gasteiger partial charge in [0.2, 0.25) is 15.9 Å². The number of ether oxygens (including phenoxy) is 1. The van der Waals surface area contributed by atoms with Gasteiger partial charge in [-0.1, -0.05) is 0 Å². The molecule has 0 aromatic heterocycles. The van der Waals surface area contributed by atoms with Gasteiger partial charge in [-0.25, -0.2) is 13.6 Å². The van der Waals surface area contributed by atoms with Crippen molar-refractivity contribution in [1.29, 1.82) is 0 Å². The van der Waals surface area contributed by atoms with E-state index in [9.17, 15) is 23.3 Å². The maximum absolute atomic E-state index is 11.6. The summed E-state index contributed by atoms with van der Waals surface area (Å²) in [6, 6.07) is 3.28. The van der Waals surface area contributed by atoms with Crippen molar-refractivity contribution in [2.75, 3.05) is 32.1 Å². The van der Waals surface area contributed by atoms with Crippen LogP contribution in [-0.2, 0) is 19.6 Å². The van der Waals surface area contributed by atoms with Crippen molar-refractivity contribution in [3.05, 3.63) is 28.3 Å². The van der Waals surface area contributed by atoms with Gasteiger partial charge in [-0.2, -0.15) is 0 Å². The monoisotopic (exact) mass is 360 g/mol. The van der Waals surface area contributed by atoms with Crippen molar-refractivity contribution in [3.63, 3.8) is 0 Å². The summed E-state index contributed by atoms with van der Waals surface area (Å²) in [4.78, 5) is 21.5. The minimum atomic E-state index is -4.03. The molecule has 0 aliphatic heterocycles. The standard InChI is InChI=1S/C13H20N4O6S/c1-23-8-2-6-16-13(18)5-7-15-11-4-3-10(24(14,21)22)9-12(11)17(19)20/h3-4,9,15H,2,5-8H2,1H3,(H,16,18)(H2,14,21,22). The number of sulfonamides is 1. The quantitative estimate of drug-likeness (QED) is 0.306. The summed E-state index contributed by atoms with van der Waals surface area (Å²) >= 11 is 0. The number of hydrogen-bond acceptors (Lipinski definition) is 7. The average molecular weight is 360 g/mol. The van der Waals surface area contributed by atoms with E-state index in [4.69, 9.17) is 9.88 Å². The molecule has 1 amide bonds. The molecular formula is C13H20N4O6S. The highest BCUT2D eigenvalue weighted by molar-refractivity contribution is 7.89. The molecule has 0 aliphatic rings. The predicted molar refractivity (Wildman–Crippen MR) is 87.1 cm³/mol. The first-order valence-electron chi connectivity index (χ1n) is 7.06. The van der Waals surface area contributed by atoms with Crippen molar-refractivity contribution in [2.24, 2.45) is 5.14 Å². The molecule has 0 bridgehead atoms. The third-order valence-corrected chi connectivity index (χ3v) is 3.92. The van der Waals surface area contributed by atoms with E-state index < -0.39 is 20.6 Å². The van der Waals surface area contributed by atoms with Crippen LogP contribution in [0.15, 0.2) is 23.1 Å². The molecule has 24 heavy (non-hydrogen) atoms. The van der Waals surface area contributed by atoms with Crippen LogP contribution in [0.25, 0.3) is 0 Å². The van der Waals surface area contributed by atoms with Crippen LogP contribution in [-0.4, -0.2) is 46.1 Å². The highest BCUT2D eigenvalue weighted by atomic mass is 32.2. The summed E-state index contributed by atoms with van der Waals surface area (Å²) in [5.74, 6) is -0.206. The van der Waals surface area contributed by atoms with Crippen LogP contribution in [0.2, 0.25) is 0 Å². The normalized spacial score (nSPS) is 11.1. The zero-order valence-corrected chi connectivity index (χ0v) is 14.0. The van der Waals surface area contributed by atoms with Crippen molar-refractivity contribution in [1.82, 2.24) is 5.32 Å². The number of benzene rings is 1. The minimum absolute atomic E-state index is 0.111. The lowest BCUT2D eigenvalue weighted by Gasteiger charge is -2.09. The van der Waals surface area contributed by atoms with Crippen molar-refractivity contribution in [2.45, 2.75) is 17.7 Å².